The molecule has 1 heterocycles. The van der Waals surface area contributed by atoms with Crippen LogP contribution >= 0.6 is 0 Å². The number of carbonyl (C=O) groups is 1. The largest absolute Gasteiger partial charge is 0.493 e. The van der Waals surface area contributed by atoms with E-state index in [0.29, 0.717) is 37.1 Å². The molecule has 33 heavy (non-hydrogen) atoms. The van der Waals surface area contributed by atoms with Gasteiger partial charge in [0.2, 0.25) is 0 Å². The number of methoxy groups -OCH3 is 2. The molecule has 6 atom stereocenters. The Bertz CT molecular complexity index is 896. The van der Waals surface area contributed by atoms with Crippen LogP contribution in [-0.2, 0) is 16.1 Å². The molecule has 0 aromatic heterocycles. The summed E-state index contributed by atoms with van der Waals surface area (Å²) in [6, 6.07) is 5.86. The predicted octanol–water partition coefficient (Wildman–Crippen LogP) is 4.20. The Kier molecular flexibility index (Phi) is 7.06. The zero-order chi connectivity index (χ0) is 23.8. The molecule has 182 valence electrons. The first-order valence-electron chi connectivity index (χ1n) is 12.3. The van der Waals surface area contributed by atoms with Crippen molar-refractivity contribution in [3.05, 3.63) is 35.4 Å². The Hall–Kier alpha value is -2.05. The Balaban J connectivity index is 1.56. The molecule has 6 nitrogen and oxygen atoms in total. The normalized spacial score (nSPS) is 32.0. The van der Waals surface area contributed by atoms with E-state index in [1.54, 1.807) is 21.1 Å². The number of hydrogen-bond acceptors (Lipinski definition) is 6. The molecular formula is C27H39NO5. The van der Waals surface area contributed by atoms with Crippen LogP contribution < -0.4 is 9.47 Å². The molecule has 4 rings (SSSR count). The van der Waals surface area contributed by atoms with Crippen LogP contribution in [0, 0.1) is 23.2 Å². The van der Waals surface area contributed by atoms with Crippen molar-refractivity contribution in [1.29, 1.82) is 0 Å². The third-order valence-electron chi connectivity index (χ3n) is 7.91. The van der Waals surface area contributed by atoms with E-state index in [1.807, 2.05) is 18.2 Å². The number of aliphatic hydroxyl groups excluding tert-OH is 1. The molecule has 0 bridgehead atoms. The second-order valence-corrected chi connectivity index (χ2v) is 10.6. The first-order valence-corrected chi connectivity index (χ1v) is 12.3. The zero-order valence-corrected chi connectivity index (χ0v) is 20.7. The molecule has 1 aromatic carbocycles. The number of esters is 1. The van der Waals surface area contributed by atoms with E-state index in [-0.39, 0.29) is 29.3 Å². The summed E-state index contributed by atoms with van der Waals surface area (Å²) in [4.78, 5) is 15.2. The highest BCUT2D eigenvalue weighted by Crippen LogP contribution is 2.54. The molecular weight excluding hydrogens is 418 g/mol. The van der Waals surface area contributed by atoms with Gasteiger partial charge in [-0.2, -0.15) is 0 Å². The number of carbonyl (C=O) groups excluding carboxylic acids is 1. The Morgan fingerprint density at radius 1 is 1.27 bits per heavy atom. The van der Waals surface area contributed by atoms with Crippen molar-refractivity contribution in [2.24, 2.45) is 23.2 Å². The van der Waals surface area contributed by atoms with E-state index < -0.39 is 6.10 Å². The third kappa shape index (κ3) is 4.92. The van der Waals surface area contributed by atoms with Crippen LogP contribution in [0.15, 0.2) is 29.8 Å². The summed E-state index contributed by atoms with van der Waals surface area (Å²) in [6.07, 6.45) is 6.46. The Labute approximate surface area is 197 Å². The maximum atomic E-state index is 13.0. The van der Waals surface area contributed by atoms with Gasteiger partial charge in [-0.05, 0) is 55.2 Å². The van der Waals surface area contributed by atoms with Crippen molar-refractivity contribution < 1.29 is 24.1 Å². The number of allylic oxidation sites excluding steroid dienone is 1. The monoisotopic (exact) mass is 457 g/mol. The molecule has 0 unspecified atom stereocenters. The summed E-state index contributed by atoms with van der Waals surface area (Å²) in [6.45, 7) is 8.12. The third-order valence-corrected chi connectivity index (χ3v) is 7.91. The highest BCUT2D eigenvalue weighted by Gasteiger charge is 2.51. The highest BCUT2D eigenvalue weighted by molar-refractivity contribution is 5.76. The molecule has 0 amide bonds. The fourth-order valence-electron chi connectivity index (χ4n) is 6.35. The van der Waals surface area contributed by atoms with Gasteiger partial charge in [-0.1, -0.05) is 38.0 Å². The minimum absolute atomic E-state index is 0.0315. The van der Waals surface area contributed by atoms with Gasteiger partial charge in [-0.25, -0.2) is 0 Å². The second-order valence-electron chi connectivity index (χ2n) is 10.6. The average molecular weight is 458 g/mol. The van der Waals surface area contributed by atoms with Crippen molar-refractivity contribution in [3.8, 4) is 11.5 Å². The van der Waals surface area contributed by atoms with Crippen LogP contribution in [0.1, 0.15) is 52.0 Å². The smallest absolute Gasteiger partial charge is 0.311 e. The van der Waals surface area contributed by atoms with Crippen LogP contribution in [-0.4, -0.2) is 55.5 Å². The van der Waals surface area contributed by atoms with Crippen LogP contribution in [0.25, 0.3) is 0 Å². The van der Waals surface area contributed by atoms with Crippen LogP contribution in [0.3, 0.4) is 0 Å². The molecule has 0 spiro atoms. The van der Waals surface area contributed by atoms with Gasteiger partial charge in [0.25, 0.3) is 0 Å². The van der Waals surface area contributed by atoms with Gasteiger partial charge in [0.1, 0.15) is 6.10 Å². The summed E-state index contributed by atoms with van der Waals surface area (Å²) >= 11 is 0. The van der Waals surface area contributed by atoms with Gasteiger partial charge in [-0.3, -0.25) is 9.69 Å². The van der Waals surface area contributed by atoms with Crippen LogP contribution in [0.5, 0.6) is 11.5 Å². The number of hydrogen-bond donors (Lipinski definition) is 1. The predicted molar refractivity (Wildman–Crippen MR) is 127 cm³/mol. The molecule has 6 heteroatoms. The standard InChI is InChI=1S/C27H39NO5/c1-17-7-6-10-27(3)13-25-20(12-22(17)27)21(26(30)33-25)16-28(14-18(2)29)15-19-8-9-23(31-4)24(11-19)32-5/h8-9,11-12,17-18,20-21,25,29H,6-7,10,13-16H2,1-5H3/t17-,18-,20+,21+,25+,27+/m0/s1. The van der Waals surface area contributed by atoms with Crippen LogP contribution in [0.2, 0.25) is 0 Å². The van der Waals surface area contributed by atoms with E-state index in [0.717, 1.165) is 12.0 Å². The SMILES string of the molecule is COc1ccc(CN(C[C@H](C)O)C[C@H]2C(=O)O[C@@H]3C[C@@]4(C)CCC[C@H](C)C4=C[C@@H]32)cc1OC. The Morgan fingerprint density at radius 3 is 2.73 bits per heavy atom. The molecule has 1 aromatic rings. The molecule has 2 fully saturated rings. The lowest BCUT2D eigenvalue weighted by Crippen LogP contribution is -2.41. The van der Waals surface area contributed by atoms with E-state index in [2.05, 4.69) is 24.8 Å². The van der Waals surface area contributed by atoms with Gasteiger partial charge in [0, 0.05) is 25.6 Å². The zero-order valence-electron chi connectivity index (χ0n) is 20.7. The summed E-state index contributed by atoms with van der Waals surface area (Å²) in [5, 5.41) is 10.2. The minimum Gasteiger partial charge on any atom is -0.493 e. The van der Waals surface area contributed by atoms with Gasteiger partial charge in [0.15, 0.2) is 11.5 Å². The van der Waals surface area contributed by atoms with E-state index >= 15 is 0 Å². The lowest BCUT2D eigenvalue weighted by molar-refractivity contribution is -0.145. The molecule has 1 N–H and O–H groups in total. The fraction of sp³-hybridized carbons (Fsp3) is 0.667. The van der Waals surface area contributed by atoms with Crippen molar-refractivity contribution in [2.75, 3.05) is 27.3 Å². The number of fused-ring (bicyclic) bond motifs is 2. The number of ether oxygens (including phenoxy) is 3. The number of aliphatic hydroxyl groups is 1. The summed E-state index contributed by atoms with van der Waals surface area (Å²) in [5.41, 5.74) is 2.74. The quantitative estimate of drug-likeness (QED) is 0.466. The van der Waals surface area contributed by atoms with Gasteiger partial charge in [0.05, 0.1) is 26.2 Å². The number of rotatable bonds is 8. The molecule has 1 aliphatic heterocycles. The average Bonchev–Trinajstić information content (AvgIpc) is 3.05. The number of nitrogens with zero attached hydrogens (tertiary/aromatic N) is 1. The van der Waals surface area contributed by atoms with Crippen molar-refractivity contribution in [3.63, 3.8) is 0 Å². The summed E-state index contributed by atoms with van der Waals surface area (Å²) in [5.74, 6) is 1.74. The van der Waals surface area contributed by atoms with Crippen LogP contribution in [0.4, 0.5) is 0 Å². The van der Waals surface area contributed by atoms with Crippen molar-refractivity contribution >= 4 is 5.97 Å². The maximum absolute atomic E-state index is 13.0. The van der Waals surface area contributed by atoms with E-state index in [9.17, 15) is 9.90 Å². The lowest BCUT2D eigenvalue weighted by Gasteiger charge is -2.46. The Morgan fingerprint density at radius 2 is 2.03 bits per heavy atom. The topological polar surface area (TPSA) is 68.2 Å². The van der Waals surface area contributed by atoms with Gasteiger partial charge in [-0.15, -0.1) is 0 Å². The van der Waals surface area contributed by atoms with Gasteiger partial charge >= 0.3 is 5.97 Å². The summed E-state index contributed by atoms with van der Waals surface area (Å²) < 4.78 is 16.8. The molecule has 0 radical (unpaired) electrons. The van der Waals surface area contributed by atoms with E-state index in [4.69, 9.17) is 14.2 Å². The number of benzene rings is 1. The minimum atomic E-state index is -0.496. The lowest BCUT2D eigenvalue weighted by atomic mass is 9.59. The summed E-state index contributed by atoms with van der Waals surface area (Å²) in [7, 11) is 3.25. The molecule has 1 saturated carbocycles. The molecule has 1 saturated heterocycles. The fourth-order valence-corrected chi connectivity index (χ4v) is 6.35. The van der Waals surface area contributed by atoms with E-state index in [1.165, 1.54) is 24.8 Å². The van der Waals surface area contributed by atoms with Crippen molar-refractivity contribution in [1.82, 2.24) is 4.90 Å². The first kappa shape index (κ1) is 24.1. The molecule has 3 aliphatic rings. The van der Waals surface area contributed by atoms with Gasteiger partial charge < -0.3 is 19.3 Å². The highest BCUT2D eigenvalue weighted by atomic mass is 16.6. The maximum Gasteiger partial charge on any atom is 0.311 e. The molecule has 2 aliphatic carbocycles. The second kappa shape index (κ2) is 9.67. The first-order chi connectivity index (χ1) is 15.7. The van der Waals surface area contributed by atoms with Crippen molar-refractivity contribution in [2.45, 2.75) is 65.2 Å².